The average molecular weight is 376 g/mol. The van der Waals surface area contributed by atoms with E-state index in [9.17, 15) is 0 Å². The molecule has 0 aliphatic carbocycles. The van der Waals surface area contributed by atoms with Gasteiger partial charge in [-0.25, -0.2) is 0 Å². The van der Waals surface area contributed by atoms with Crippen LogP contribution in [0.2, 0.25) is 5.02 Å². The SMILES string of the molecule is COc1ccc(Cl)cc1-c1nnc2sc(Cc3c(C)noc3C)nn12. The summed E-state index contributed by atoms with van der Waals surface area (Å²) >= 11 is 7.61. The minimum absolute atomic E-state index is 0.593. The van der Waals surface area contributed by atoms with Crippen LogP contribution in [0.5, 0.6) is 5.75 Å². The lowest BCUT2D eigenvalue weighted by Gasteiger charge is -2.06. The van der Waals surface area contributed by atoms with Crippen molar-refractivity contribution in [1.29, 1.82) is 0 Å². The van der Waals surface area contributed by atoms with Gasteiger partial charge in [0.05, 0.1) is 18.4 Å². The number of nitrogens with zero attached hydrogens (tertiary/aromatic N) is 5. The smallest absolute Gasteiger partial charge is 0.234 e. The number of halogens is 1. The Morgan fingerprint density at radius 1 is 1.28 bits per heavy atom. The number of hydrogen-bond donors (Lipinski definition) is 0. The van der Waals surface area contributed by atoms with Crippen LogP contribution in [0.1, 0.15) is 22.0 Å². The number of fused-ring (bicyclic) bond motifs is 1. The molecule has 0 saturated carbocycles. The van der Waals surface area contributed by atoms with Crippen LogP contribution in [0.25, 0.3) is 16.3 Å². The van der Waals surface area contributed by atoms with Gasteiger partial charge >= 0.3 is 0 Å². The van der Waals surface area contributed by atoms with Crippen LogP contribution in [-0.2, 0) is 6.42 Å². The Morgan fingerprint density at radius 2 is 2.12 bits per heavy atom. The third-order valence-corrected chi connectivity index (χ3v) is 5.08. The van der Waals surface area contributed by atoms with E-state index in [2.05, 4.69) is 20.5 Å². The molecule has 0 amide bonds. The number of hydrogen-bond acceptors (Lipinski definition) is 7. The molecular formula is C16H14ClN5O2S. The van der Waals surface area contributed by atoms with E-state index < -0.39 is 0 Å². The fourth-order valence-electron chi connectivity index (χ4n) is 2.66. The van der Waals surface area contributed by atoms with Gasteiger partial charge in [-0.3, -0.25) is 0 Å². The summed E-state index contributed by atoms with van der Waals surface area (Å²) in [7, 11) is 1.61. The summed E-state index contributed by atoms with van der Waals surface area (Å²) in [5.41, 5.74) is 2.67. The quantitative estimate of drug-likeness (QED) is 0.541. The second-order valence-electron chi connectivity index (χ2n) is 5.54. The Kier molecular flexibility index (Phi) is 3.93. The summed E-state index contributed by atoms with van der Waals surface area (Å²) in [6.07, 6.45) is 0.640. The third-order valence-electron chi connectivity index (χ3n) is 3.94. The standard InChI is InChI=1S/C16H14ClN5O2S/c1-8-11(9(2)24-21-8)7-14-20-22-15(18-19-16(22)25-14)12-6-10(17)4-5-13(12)23-3/h4-6H,7H2,1-3H3. The molecule has 0 atom stereocenters. The predicted octanol–water partition coefficient (Wildman–Crippen LogP) is 3.71. The van der Waals surface area contributed by atoms with Crippen LogP contribution in [-0.4, -0.2) is 32.1 Å². The van der Waals surface area contributed by atoms with Crippen molar-refractivity contribution in [3.8, 4) is 17.1 Å². The molecule has 0 fully saturated rings. The average Bonchev–Trinajstić information content (AvgIpc) is 3.25. The zero-order valence-electron chi connectivity index (χ0n) is 13.8. The van der Waals surface area contributed by atoms with Crippen LogP contribution in [0, 0.1) is 13.8 Å². The molecule has 0 spiro atoms. The summed E-state index contributed by atoms with van der Waals surface area (Å²) in [4.78, 5) is 0.707. The predicted molar refractivity (Wildman–Crippen MR) is 94.4 cm³/mol. The van der Waals surface area contributed by atoms with Crippen LogP contribution < -0.4 is 4.74 Å². The molecule has 0 saturated heterocycles. The summed E-state index contributed by atoms with van der Waals surface area (Å²) in [5, 5.41) is 18.6. The van der Waals surface area contributed by atoms with Crippen LogP contribution >= 0.6 is 22.9 Å². The second kappa shape index (κ2) is 6.12. The molecule has 128 valence electrons. The molecule has 25 heavy (non-hydrogen) atoms. The zero-order valence-corrected chi connectivity index (χ0v) is 15.4. The monoisotopic (exact) mass is 375 g/mol. The largest absolute Gasteiger partial charge is 0.496 e. The Bertz CT molecular complexity index is 1050. The number of ether oxygens (including phenoxy) is 1. The lowest BCUT2D eigenvalue weighted by Crippen LogP contribution is -1.96. The highest BCUT2D eigenvalue weighted by Gasteiger charge is 2.19. The Morgan fingerprint density at radius 3 is 2.84 bits per heavy atom. The van der Waals surface area contributed by atoms with Gasteiger partial charge in [0.1, 0.15) is 16.5 Å². The van der Waals surface area contributed by atoms with E-state index in [1.165, 1.54) is 11.3 Å². The van der Waals surface area contributed by atoms with Crippen molar-refractivity contribution >= 4 is 27.9 Å². The number of rotatable bonds is 4. The van der Waals surface area contributed by atoms with Gasteiger partial charge in [0, 0.05) is 17.0 Å². The molecule has 0 N–H and O–H groups in total. The number of aryl methyl sites for hydroxylation is 2. The molecule has 1 aromatic carbocycles. The minimum Gasteiger partial charge on any atom is -0.496 e. The van der Waals surface area contributed by atoms with Gasteiger partial charge in [-0.2, -0.15) is 9.61 Å². The lowest BCUT2D eigenvalue weighted by molar-refractivity contribution is 0.392. The number of methoxy groups -OCH3 is 1. The molecule has 0 aliphatic rings. The normalized spacial score (nSPS) is 11.4. The Balaban J connectivity index is 1.78. The minimum atomic E-state index is 0.593. The molecule has 0 unspecified atom stereocenters. The molecule has 0 radical (unpaired) electrons. The summed E-state index contributed by atoms with van der Waals surface area (Å²) < 4.78 is 12.3. The maximum absolute atomic E-state index is 6.13. The van der Waals surface area contributed by atoms with Gasteiger partial charge in [-0.15, -0.1) is 10.2 Å². The Labute approximate surface area is 152 Å². The third kappa shape index (κ3) is 2.77. The van der Waals surface area contributed by atoms with Gasteiger partial charge in [0.15, 0.2) is 5.82 Å². The van der Waals surface area contributed by atoms with Crippen molar-refractivity contribution < 1.29 is 9.26 Å². The van der Waals surface area contributed by atoms with Crippen molar-refractivity contribution in [2.75, 3.05) is 7.11 Å². The van der Waals surface area contributed by atoms with E-state index in [-0.39, 0.29) is 0 Å². The van der Waals surface area contributed by atoms with Gasteiger partial charge < -0.3 is 9.26 Å². The van der Waals surface area contributed by atoms with E-state index in [1.54, 1.807) is 29.8 Å². The van der Waals surface area contributed by atoms with E-state index >= 15 is 0 Å². The number of aromatic nitrogens is 5. The van der Waals surface area contributed by atoms with Gasteiger partial charge in [-0.1, -0.05) is 28.1 Å². The molecular weight excluding hydrogens is 362 g/mol. The molecule has 0 bridgehead atoms. The zero-order chi connectivity index (χ0) is 17.6. The molecule has 9 heteroatoms. The first-order chi connectivity index (χ1) is 12.1. The first-order valence-electron chi connectivity index (χ1n) is 7.53. The molecule has 3 aromatic heterocycles. The van der Waals surface area contributed by atoms with E-state index in [1.807, 2.05) is 13.8 Å². The highest BCUT2D eigenvalue weighted by atomic mass is 35.5. The van der Waals surface area contributed by atoms with Crippen molar-refractivity contribution in [3.63, 3.8) is 0 Å². The maximum Gasteiger partial charge on any atom is 0.234 e. The maximum atomic E-state index is 6.13. The first kappa shape index (κ1) is 16.0. The van der Waals surface area contributed by atoms with Crippen LogP contribution in [0.3, 0.4) is 0 Å². The molecule has 4 aromatic rings. The molecule has 3 heterocycles. The van der Waals surface area contributed by atoms with E-state index in [0.29, 0.717) is 28.0 Å². The van der Waals surface area contributed by atoms with Gasteiger partial charge in [0.2, 0.25) is 4.96 Å². The molecule has 4 rings (SSSR count). The first-order valence-corrected chi connectivity index (χ1v) is 8.73. The van der Waals surface area contributed by atoms with Crippen molar-refractivity contribution in [1.82, 2.24) is 25.0 Å². The van der Waals surface area contributed by atoms with Crippen LogP contribution in [0.15, 0.2) is 22.7 Å². The highest BCUT2D eigenvalue weighted by Crippen LogP contribution is 2.32. The Hall–Kier alpha value is -2.45. The number of benzene rings is 1. The summed E-state index contributed by atoms with van der Waals surface area (Å²) in [5.74, 6) is 2.06. The van der Waals surface area contributed by atoms with E-state index in [4.69, 9.17) is 20.9 Å². The topological polar surface area (TPSA) is 78.3 Å². The molecule has 7 nitrogen and oxygen atoms in total. The van der Waals surface area contributed by atoms with Crippen molar-refractivity contribution in [3.05, 3.63) is 45.2 Å². The lowest BCUT2D eigenvalue weighted by atomic mass is 10.1. The highest BCUT2D eigenvalue weighted by molar-refractivity contribution is 7.16. The van der Waals surface area contributed by atoms with Crippen molar-refractivity contribution in [2.45, 2.75) is 20.3 Å². The van der Waals surface area contributed by atoms with Gasteiger partial charge in [0.25, 0.3) is 0 Å². The van der Waals surface area contributed by atoms with E-state index in [0.717, 1.165) is 27.6 Å². The van der Waals surface area contributed by atoms with Crippen LogP contribution in [0.4, 0.5) is 0 Å². The summed E-state index contributed by atoms with van der Waals surface area (Å²) in [6.45, 7) is 3.83. The summed E-state index contributed by atoms with van der Waals surface area (Å²) in [6, 6.07) is 5.37. The molecule has 0 aliphatic heterocycles. The fraction of sp³-hybridized carbons (Fsp3) is 0.250. The van der Waals surface area contributed by atoms with Crippen molar-refractivity contribution in [2.24, 2.45) is 0 Å². The second-order valence-corrected chi connectivity index (χ2v) is 7.01. The van der Waals surface area contributed by atoms with Gasteiger partial charge in [-0.05, 0) is 32.0 Å². The fourth-order valence-corrected chi connectivity index (χ4v) is 3.67.